The number of hydrogen-bond donors (Lipinski definition) is 15. The van der Waals surface area contributed by atoms with Crippen LogP contribution in [0.5, 0.6) is 0 Å². The minimum atomic E-state index is -5.11. The third-order valence-electron chi connectivity index (χ3n) is 19.0. The standard InChI is InChI=1S/C67H134O45P6/c1-48-34-53(57(108-48)41-104-113(6,77)78)112-118(87,88)107-47-94-40-52(38-89-5)39-93-46-106-117(85,86)105-45-67(42-90-22-19-31-101-114(79,80)98-28-16-10-7-13-25-95-64-49(2)58(71)61(74)54(35-68)109-64,43-91-23-20-32-102-115(81,82)99-29-17-11-8-14-26-96-65-50(3)59(72)62(75)55(36-69)110-65)44-92-24-21-33-103-116(83,84)100-30-18-12-9-15-27-97-66-51(4)60(73)63(76)56(37-70)111-66/h48-66,68-76H,7-47H2,1-6H3,(H,77,78)(H,79,80)(H,81,82)(H,83,84)(H,85,86)(H,87,88)/t48-,49?,50?,51?,52?,53-,54?,55?,56?,57+,58+,59+,60+,61-,62-,63-,64+,65+,66+,67?/m0/s1. The largest absolute Gasteiger partial charge is 0.474 e. The maximum atomic E-state index is 13.7. The van der Waals surface area contributed by atoms with Gasteiger partial charge in [-0.1, -0.05) is 59.3 Å². The van der Waals surface area contributed by atoms with Crippen molar-refractivity contribution in [2.45, 2.75) is 223 Å². The molecule has 25 atom stereocenters. The molecule has 51 heteroatoms. The van der Waals surface area contributed by atoms with E-state index in [1.165, 1.54) is 7.11 Å². The minimum Gasteiger partial charge on any atom is -0.394 e. The first-order valence-corrected chi connectivity index (χ1v) is 49.1. The molecule has 15 N–H and O–H groups in total. The van der Waals surface area contributed by atoms with Gasteiger partial charge in [-0.2, -0.15) is 0 Å². The van der Waals surface area contributed by atoms with Crippen molar-refractivity contribution in [3.05, 3.63) is 0 Å². The Morgan fingerprint density at radius 3 is 1.01 bits per heavy atom. The Hall–Kier alpha value is -0.180. The van der Waals surface area contributed by atoms with Gasteiger partial charge in [0, 0.05) is 83.5 Å². The van der Waals surface area contributed by atoms with Crippen LogP contribution < -0.4 is 0 Å². The van der Waals surface area contributed by atoms with Gasteiger partial charge < -0.3 is 141 Å². The van der Waals surface area contributed by atoms with Crippen LogP contribution in [-0.4, -0.2) is 347 Å². The summed E-state index contributed by atoms with van der Waals surface area (Å²) in [6.07, 6.45) is -8.94. The number of phosphoric acid groups is 5. The average molecular weight is 1850 g/mol. The van der Waals surface area contributed by atoms with Crippen LogP contribution in [0.3, 0.4) is 0 Å². The lowest BCUT2D eigenvalue weighted by Crippen LogP contribution is -2.55. The predicted octanol–water partition coefficient (Wildman–Crippen LogP) is 3.41. The summed E-state index contributed by atoms with van der Waals surface area (Å²) in [7, 11) is -26.2. The minimum absolute atomic E-state index is 0.0252. The lowest BCUT2D eigenvalue weighted by Gasteiger charge is -2.40. The van der Waals surface area contributed by atoms with Crippen molar-refractivity contribution in [2.75, 3.05) is 179 Å². The highest BCUT2D eigenvalue weighted by atomic mass is 31.2. The van der Waals surface area contributed by atoms with E-state index in [1.54, 1.807) is 27.7 Å². The van der Waals surface area contributed by atoms with E-state index in [9.17, 15) is 103 Å². The zero-order valence-electron chi connectivity index (χ0n) is 68.1. The van der Waals surface area contributed by atoms with Crippen LogP contribution in [0.2, 0.25) is 0 Å². The number of aliphatic hydroxyl groups is 9. The van der Waals surface area contributed by atoms with Crippen molar-refractivity contribution in [1.82, 2.24) is 0 Å². The van der Waals surface area contributed by atoms with E-state index in [1.807, 2.05) is 0 Å². The smallest absolute Gasteiger partial charge is 0.394 e. The first-order valence-electron chi connectivity index (χ1n) is 39.6. The molecule has 4 rings (SSSR count). The number of rotatable bonds is 71. The normalized spacial score (nSPS) is 30.4. The molecule has 4 aliphatic rings. The maximum Gasteiger partial charge on any atom is 0.474 e. The maximum absolute atomic E-state index is 13.7. The third-order valence-corrected chi connectivity index (χ3v) is 24.5. The molecular formula is C67H134O45P6. The Kier molecular flexibility index (Phi) is 54.5. The molecule has 0 aromatic rings. The summed E-state index contributed by atoms with van der Waals surface area (Å²) in [6, 6.07) is 0. The van der Waals surface area contributed by atoms with Crippen molar-refractivity contribution in [3.8, 4) is 0 Å². The summed E-state index contributed by atoms with van der Waals surface area (Å²) in [5.41, 5.74) is -1.58. The molecule has 0 radical (unpaired) electrons. The fourth-order valence-corrected chi connectivity index (χ4v) is 16.5. The molecule has 0 aliphatic carbocycles. The van der Waals surface area contributed by atoms with E-state index in [0.717, 1.165) is 6.66 Å². The molecule has 4 aliphatic heterocycles. The highest BCUT2D eigenvalue weighted by Gasteiger charge is 2.46. The molecule has 118 heavy (non-hydrogen) atoms. The van der Waals surface area contributed by atoms with E-state index in [4.69, 9.17) is 111 Å². The second-order valence-electron chi connectivity index (χ2n) is 29.4. The molecule has 0 amide bonds. The van der Waals surface area contributed by atoms with Gasteiger partial charge in [0.2, 0.25) is 0 Å². The van der Waals surface area contributed by atoms with E-state index in [2.05, 4.69) is 0 Å². The van der Waals surface area contributed by atoms with Gasteiger partial charge in [0.15, 0.2) is 32.5 Å². The SMILES string of the molecule is COCC(COCOP(=O)(O)OCC(COCCCOP(=O)(O)OCCCCCCO[C@@H]1OC(CO)[C@H](O)[C@H](O)C1C)(COCCCOP(=O)(O)OCCCCCCO[C@@H]1OC(CO)[C@H](O)[C@H](O)C1C)COCCCOP(=O)(O)OCCCCCCO[C@@H]1OC(CO)[C@H](O)[C@H](O)C1C)COCOP(=O)(O)O[C@H]1C[C@H](C)O[C@@H]1COP(C)(=O)O. The zero-order chi connectivity index (χ0) is 87.4. The Balaban J connectivity index is 1.35. The van der Waals surface area contributed by atoms with E-state index in [-0.39, 0.29) is 125 Å². The van der Waals surface area contributed by atoms with E-state index in [0.29, 0.717) is 77.0 Å². The number of unbranched alkanes of at least 4 members (excludes halogenated alkanes) is 9. The molecule has 0 bridgehead atoms. The number of methoxy groups -OCH3 is 1. The first kappa shape index (κ1) is 110. The van der Waals surface area contributed by atoms with Crippen LogP contribution >= 0.6 is 46.7 Å². The molecule has 45 nitrogen and oxygen atoms in total. The van der Waals surface area contributed by atoms with Crippen molar-refractivity contribution in [2.24, 2.45) is 29.1 Å². The highest BCUT2D eigenvalue weighted by molar-refractivity contribution is 7.52. The lowest BCUT2D eigenvalue weighted by molar-refractivity contribution is -0.282. The van der Waals surface area contributed by atoms with Gasteiger partial charge in [-0.05, 0) is 64.7 Å². The van der Waals surface area contributed by atoms with Crippen LogP contribution in [0.4, 0.5) is 0 Å². The fourth-order valence-electron chi connectivity index (χ4n) is 12.2. The molecular weight excluding hydrogens is 1710 g/mol. The van der Waals surface area contributed by atoms with Gasteiger partial charge in [-0.15, -0.1) is 0 Å². The van der Waals surface area contributed by atoms with E-state index >= 15 is 0 Å². The summed E-state index contributed by atoms with van der Waals surface area (Å²) in [6.45, 7) is 0.119. The first-order chi connectivity index (χ1) is 55.8. The number of hydrogen-bond acceptors (Lipinski definition) is 39. The van der Waals surface area contributed by atoms with Gasteiger partial charge >= 0.3 is 46.7 Å². The predicted molar refractivity (Wildman–Crippen MR) is 408 cm³/mol. The lowest BCUT2D eigenvalue weighted by atomic mass is 9.92. The molecule has 0 aromatic carbocycles. The third kappa shape index (κ3) is 45.2. The zero-order valence-corrected chi connectivity index (χ0v) is 73.5. The molecule has 0 spiro atoms. The van der Waals surface area contributed by atoms with Crippen LogP contribution in [0.15, 0.2) is 0 Å². The van der Waals surface area contributed by atoms with Crippen molar-refractivity contribution < 1.29 is 214 Å². The number of ether oxygens (including phenoxy) is 13. The molecule has 0 aromatic heterocycles. The van der Waals surface area contributed by atoms with Crippen molar-refractivity contribution in [3.63, 3.8) is 0 Å². The molecule has 4 saturated heterocycles. The van der Waals surface area contributed by atoms with Gasteiger partial charge in [0.1, 0.15) is 48.8 Å². The Morgan fingerprint density at radius 2 is 0.678 bits per heavy atom. The second kappa shape index (κ2) is 58.4. The molecule has 0 saturated carbocycles. The van der Waals surface area contributed by atoms with Crippen molar-refractivity contribution >= 4 is 46.7 Å². The topological polar surface area (TPSA) is 627 Å². The summed E-state index contributed by atoms with van der Waals surface area (Å²) < 4.78 is 208. The number of phosphoric ester groups is 5. The summed E-state index contributed by atoms with van der Waals surface area (Å²) in [5, 5.41) is 89.7. The highest BCUT2D eigenvalue weighted by Crippen LogP contribution is 2.50. The Labute approximate surface area is 689 Å². The monoisotopic (exact) mass is 1840 g/mol. The van der Waals surface area contributed by atoms with Crippen LogP contribution in [0.25, 0.3) is 0 Å². The summed E-state index contributed by atoms with van der Waals surface area (Å²) >= 11 is 0. The van der Waals surface area contributed by atoms with Crippen molar-refractivity contribution in [1.29, 1.82) is 0 Å². The van der Waals surface area contributed by atoms with Gasteiger partial charge in [0.25, 0.3) is 0 Å². The summed E-state index contributed by atoms with van der Waals surface area (Å²) in [4.78, 5) is 62.5. The van der Waals surface area contributed by atoms with Gasteiger partial charge in [-0.3, -0.25) is 49.8 Å². The van der Waals surface area contributed by atoms with Gasteiger partial charge in [0.05, 0.1) is 142 Å². The Bertz CT molecular complexity index is 2730. The molecule has 13 unspecified atom stereocenters. The quantitative estimate of drug-likeness (QED) is 0.0236. The number of aliphatic hydroxyl groups excluding tert-OH is 9. The second-order valence-corrected chi connectivity index (χ2v) is 38.5. The average Bonchev–Trinajstić information content (AvgIpc) is 1.000. The Morgan fingerprint density at radius 1 is 0.356 bits per heavy atom. The van der Waals surface area contributed by atoms with Crippen LogP contribution in [0.1, 0.15) is 130 Å². The summed E-state index contributed by atoms with van der Waals surface area (Å²) in [5.74, 6) is -2.33. The molecule has 4 heterocycles. The fraction of sp³-hybridized carbons (Fsp3) is 1.00. The van der Waals surface area contributed by atoms with E-state index < -0.39 is 234 Å². The van der Waals surface area contributed by atoms with Crippen LogP contribution in [0, 0.1) is 29.1 Å². The van der Waals surface area contributed by atoms with Crippen LogP contribution in [-0.2, 0) is 139 Å². The van der Waals surface area contributed by atoms with Gasteiger partial charge in [-0.25, -0.2) is 22.8 Å². The molecule has 702 valence electrons. The molecule has 4 fully saturated rings.